The van der Waals surface area contributed by atoms with Crippen LogP contribution in [-0.2, 0) is 24.5 Å². The maximum absolute atomic E-state index is 13.7. The number of anilines is 1. The van der Waals surface area contributed by atoms with E-state index in [1.54, 1.807) is 29.9 Å². The Labute approximate surface area is 215 Å². The van der Waals surface area contributed by atoms with Crippen LogP contribution >= 0.6 is 23.2 Å². The highest BCUT2D eigenvalue weighted by atomic mass is 35.5. The summed E-state index contributed by atoms with van der Waals surface area (Å²) in [5.74, 6) is -0.985. The monoisotopic (exact) mass is 539 g/mol. The molecule has 186 valence electrons. The van der Waals surface area contributed by atoms with E-state index in [0.717, 1.165) is 11.6 Å². The molecule has 0 aliphatic carbocycles. The molecule has 0 spiro atoms. The number of halogens is 4. The fourth-order valence-corrected chi connectivity index (χ4v) is 4.65. The van der Waals surface area contributed by atoms with Gasteiger partial charge >= 0.3 is 0 Å². The molecule has 2 atom stereocenters. The lowest BCUT2D eigenvalue weighted by Gasteiger charge is -2.17. The van der Waals surface area contributed by atoms with E-state index in [9.17, 15) is 13.0 Å². The molecular formula is C24H25Cl2F2N5OS. The van der Waals surface area contributed by atoms with Crippen LogP contribution in [0.1, 0.15) is 31.1 Å². The number of pyridine rings is 1. The molecule has 35 heavy (non-hydrogen) atoms. The molecule has 0 bridgehead atoms. The fourth-order valence-electron chi connectivity index (χ4n) is 3.84. The highest BCUT2D eigenvalue weighted by molar-refractivity contribution is 7.85. The van der Waals surface area contributed by atoms with E-state index in [-0.39, 0.29) is 11.6 Å². The fraction of sp³-hybridized carbons (Fsp3) is 0.250. The maximum atomic E-state index is 13.7. The molecule has 3 N–H and O–H groups in total. The first-order valence-corrected chi connectivity index (χ1v) is 13.1. The van der Waals surface area contributed by atoms with Gasteiger partial charge in [-0.15, -0.1) is 0 Å². The van der Waals surface area contributed by atoms with Crippen molar-refractivity contribution in [3.63, 3.8) is 0 Å². The van der Waals surface area contributed by atoms with Crippen molar-refractivity contribution in [2.24, 2.45) is 12.8 Å². The smallest absolute Gasteiger partial charge is 0.169 e. The van der Waals surface area contributed by atoms with Crippen molar-refractivity contribution in [3.8, 4) is 11.1 Å². The molecule has 0 saturated heterocycles. The molecule has 0 fully saturated rings. The highest BCUT2D eigenvalue weighted by Gasteiger charge is 2.22. The van der Waals surface area contributed by atoms with Gasteiger partial charge in [-0.1, -0.05) is 43.1 Å². The van der Waals surface area contributed by atoms with E-state index >= 15 is 0 Å². The van der Waals surface area contributed by atoms with Gasteiger partial charge in [-0.2, -0.15) is 5.10 Å². The van der Waals surface area contributed by atoms with Gasteiger partial charge in [-0.05, 0) is 42.3 Å². The summed E-state index contributed by atoms with van der Waals surface area (Å²) in [7, 11) is 0.385. The summed E-state index contributed by atoms with van der Waals surface area (Å²) < 4.78 is 43.5. The Bertz CT molecular complexity index is 1380. The zero-order chi connectivity index (χ0) is 25.9. The van der Waals surface area contributed by atoms with E-state index in [2.05, 4.69) is 14.8 Å². The van der Waals surface area contributed by atoms with Gasteiger partial charge in [0.2, 0.25) is 0 Å². The molecule has 11 heteroatoms. The number of hydrogen-bond acceptors (Lipinski definition) is 4. The third-order valence-corrected chi connectivity index (χ3v) is 6.09. The van der Waals surface area contributed by atoms with E-state index in [1.807, 2.05) is 19.9 Å². The first-order valence-electron chi connectivity index (χ1n) is 10.8. The lowest BCUT2D eigenvalue weighted by molar-refractivity contribution is 0.576. The summed E-state index contributed by atoms with van der Waals surface area (Å²) >= 11 is 12.6. The minimum Gasteiger partial charge on any atom is -0.322 e. The van der Waals surface area contributed by atoms with E-state index in [0.29, 0.717) is 38.6 Å². The summed E-state index contributed by atoms with van der Waals surface area (Å²) in [6, 6.07) is 9.48. The van der Waals surface area contributed by atoms with Crippen LogP contribution in [0.2, 0.25) is 10.2 Å². The number of fused-ring (bicyclic) bond motifs is 1. The van der Waals surface area contributed by atoms with Crippen molar-refractivity contribution in [1.82, 2.24) is 14.8 Å². The summed E-state index contributed by atoms with van der Waals surface area (Å²) in [5, 5.41) is 5.67. The number of benzene rings is 2. The van der Waals surface area contributed by atoms with Crippen molar-refractivity contribution in [1.29, 1.82) is 0 Å². The second kappa shape index (κ2) is 11.4. The van der Waals surface area contributed by atoms with Gasteiger partial charge in [-0.3, -0.25) is 9.40 Å². The van der Waals surface area contributed by atoms with Gasteiger partial charge in [-0.25, -0.2) is 18.0 Å². The number of nitrogens with zero attached hydrogens (tertiary/aromatic N) is 3. The predicted octanol–water partition coefficient (Wildman–Crippen LogP) is 6.19. The Morgan fingerprint density at radius 3 is 2.34 bits per heavy atom. The zero-order valence-electron chi connectivity index (χ0n) is 19.6. The molecule has 2 unspecified atom stereocenters. The summed E-state index contributed by atoms with van der Waals surface area (Å²) in [5.41, 5.74) is 9.35. The quantitative estimate of drug-likeness (QED) is 0.286. The summed E-state index contributed by atoms with van der Waals surface area (Å²) in [6.45, 7) is 4.00. The van der Waals surface area contributed by atoms with Gasteiger partial charge in [0, 0.05) is 30.5 Å². The van der Waals surface area contributed by atoms with Crippen molar-refractivity contribution in [3.05, 3.63) is 75.5 Å². The second-order valence-corrected chi connectivity index (χ2v) is 9.41. The molecule has 2 aromatic carbocycles. The average Bonchev–Trinajstić information content (AvgIpc) is 3.11. The van der Waals surface area contributed by atoms with Crippen LogP contribution in [0.4, 0.5) is 14.6 Å². The molecule has 0 saturated carbocycles. The molecule has 6 nitrogen and oxygen atoms in total. The lowest BCUT2D eigenvalue weighted by Crippen LogP contribution is -2.17. The molecule has 0 aliphatic heterocycles. The van der Waals surface area contributed by atoms with Gasteiger partial charge in [0.1, 0.15) is 27.8 Å². The zero-order valence-corrected chi connectivity index (χ0v) is 21.9. The van der Waals surface area contributed by atoms with Crippen LogP contribution < -0.4 is 10.5 Å². The molecule has 4 rings (SSSR count). The van der Waals surface area contributed by atoms with Crippen LogP contribution in [-0.4, -0.2) is 25.2 Å². The predicted molar refractivity (Wildman–Crippen MR) is 140 cm³/mol. The Kier molecular flexibility index (Phi) is 8.82. The maximum Gasteiger partial charge on any atom is 0.169 e. The third kappa shape index (κ3) is 5.98. The number of nitrogens with one attached hydrogen (secondary N) is 1. The molecule has 0 amide bonds. The summed E-state index contributed by atoms with van der Waals surface area (Å²) in [4.78, 5) is 4.43. The van der Waals surface area contributed by atoms with Crippen LogP contribution in [0.3, 0.4) is 0 Å². The number of hydrogen-bond donors (Lipinski definition) is 2. The Morgan fingerprint density at radius 2 is 1.71 bits per heavy atom. The van der Waals surface area contributed by atoms with E-state index in [1.165, 1.54) is 18.4 Å². The average molecular weight is 540 g/mol. The SMILES string of the molecule is CC.Cn1nc(NS(C)=O)c2c(Cl)ccc(-c3ccc(Cl)nc3C(N)Cc3cc(F)cc(F)c3)c21. The van der Waals surface area contributed by atoms with Crippen LogP contribution in [0.25, 0.3) is 22.0 Å². The molecule has 2 heterocycles. The minimum atomic E-state index is -1.36. The Hall–Kier alpha value is -2.59. The van der Waals surface area contributed by atoms with Crippen LogP contribution in [0.5, 0.6) is 0 Å². The van der Waals surface area contributed by atoms with Gasteiger partial charge in [0.15, 0.2) is 5.82 Å². The first-order chi connectivity index (χ1) is 16.6. The van der Waals surface area contributed by atoms with Gasteiger partial charge < -0.3 is 5.73 Å². The molecular weight excluding hydrogens is 515 g/mol. The molecule has 2 aromatic heterocycles. The standard InChI is InChI=1S/C22H19Cl2F2N5OS.C2H6/c1-31-21-15(3-5-16(23)19(21)22(29-31)30-33(2)32)14-4-6-18(24)28-20(14)17(27)9-11-7-12(25)10-13(26)8-11;1-2/h3-8,10,17H,9,27H2,1-2H3,(H,29,30);1-2H3. The number of rotatable bonds is 6. The Morgan fingerprint density at radius 1 is 1.09 bits per heavy atom. The van der Waals surface area contributed by atoms with E-state index < -0.39 is 28.7 Å². The molecule has 0 radical (unpaired) electrons. The number of aryl methyl sites for hydroxylation is 1. The molecule has 4 aromatic rings. The molecule has 0 aliphatic rings. The number of nitrogens with two attached hydrogens (primary N) is 1. The van der Waals surface area contributed by atoms with Crippen LogP contribution in [0, 0.1) is 11.6 Å². The topological polar surface area (TPSA) is 85.8 Å². The second-order valence-electron chi connectivity index (χ2n) is 7.50. The van der Waals surface area contributed by atoms with Crippen molar-refractivity contribution in [2.45, 2.75) is 26.3 Å². The number of aromatic nitrogens is 3. The van der Waals surface area contributed by atoms with Crippen molar-refractivity contribution >= 4 is 50.9 Å². The van der Waals surface area contributed by atoms with Crippen molar-refractivity contribution in [2.75, 3.05) is 11.0 Å². The minimum absolute atomic E-state index is 0.138. The summed E-state index contributed by atoms with van der Waals surface area (Å²) in [6.07, 6.45) is 1.63. The van der Waals surface area contributed by atoms with Crippen molar-refractivity contribution < 1.29 is 13.0 Å². The largest absolute Gasteiger partial charge is 0.322 e. The van der Waals surface area contributed by atoms with Gasteiger partial charge in [0.25, 0.3) is 0 Å². The first kappa shape index (κ1) is 27.0. The third-order valence-electron chi connectivity index (χ3n) is 5.09. The highest BCUT2D eigenvalue weighted by Crippen LogP contribution is 2.39. The lowest BCUT2D eigenvalue weighted by atomic mass is 9.95. The van der Waals surface area contributed by atoms with Crippen LogP contribution in [0.15, 0.2) is 42.5 Å². The Balaban J connectivity index is 0.00000167. The van der Waals surface area contributed by atoms with Gasteiger partial charge in [0.05, 0.1) is 27.7 Å². The van der Waals surface area contributed by atoms with E-state index in [4.69, 9.17) is 28.9 Å². The normalized spacial score (nSPS) is 12.7.